The van der Waals surface area contributed by atoms with Crippen molar-refractivity contribution in [2.45, 2.75) is 19.9 Å². The van der Waals surface area contributed by atoms with E-state index >= 15 is 0 Å². The van der Waals surface area contributed by atoms with Crippen molar-refractivity contribution in [2.24, 2.45) is 0 Å². The summed E-state index contributed by atoms with van der Waals surface area (Å²) in [7, 11) is 0. The average Bonchev–Trinajstić information content (AvgIpc) is 2.28. The minimum Gasteiger partial charge on any atom is -0.480 e. The largest absolute Gasteiger partial charge is 0.480 e. The quantitative estimate of drug-likeness (QED) is 0.751. The van der Waals surface area contributed by atoms with E-state index in [2.05, 4.69) is 0 Å². The number of piperazine rings is 1. The van der Waals surface area contributed by atoms with E-state index < -0.39 is 12.0 Å². The van der Waals surface area contributed by atoms with Crippen molar-refractivity contribution in [1.82, 2.24) is 9.80 Å². The Kier molecular flexibility index (Phi) is 4.54. The van der Waals surface area contributed by atoms with Crippen molar-refractivity contribution < 1.29 is 19.4 Å². The zero-order valence-electron chi connectivity index (χ0n) is 9.68. The second-order valence-corrected chi connectivity index (χ2v) is 3.74. The van der Waals surface area contributed by atoms with Gasteiger partial charge in [-0.3, -0.25) is 9.69 Å². The highest BCUT2D eigenvalue weighted by Gasteiger charge is 2.27. The van der Waals surface area contributed by atoms with Gasteiger partial charge in [0.1, 0.15) is 6.04 Å². The van der Waals surface area contributed by atoms with Gasteiger partial charge in [-0.25, -0.2) is 4.79 Å². The van der Waals surface area contributed by atoms with Crippen LogP contribution in [0.25, 0.3) is 0 Å². The predicted molar refractivity (Wildman–Crippen MR) is 57.3 cm³/mol. The maximum absolute atomic E-state index is 11.4. The molecule has 1 heterocycles. The molecular weight excluding hydrogens is 212 g/mol. The van der Waals surface area contributed by atoms with E-state index in [0.29, 0.717) is 32.8 Å². The number of amides is 1. The number of carboxylic acid groups (broad SMARTS) is 1. The van der Waals surface area contributed by atoms with E-state index in [-0.39, 0.29) is 6.09 Å². The molecule has 0 aromatic heterocycles. The van der Waals surface area contributed by atoms with Crippen LogP contribution in [-0.2, 0) is 9.53 Å². The van der Waals surface area contributed by atoms with Gasteiger partial charge in [-0.05, 0) is 13.8 Å². The van der Waals surface area contributed by atoms with Gasteiger partial charge in [-0.1, -0.05) is 0 Å². The van der Waals surface area contributed by atoms with E-state index in [4.69, 9.17) is 9.84 Å². The van der Waals surface area contributed by atoms with Crippen molar-refractivity contribution in [3.8, 4) is 0 Å². The third kappa shape index (κ3) is 3.10. The first-order valence-corrected chi connectivity index (χ1v) is 5.44. The van der Waals surface area contributed by atoms with Crippen molar-refractivity contribution in [3.63, 3.8) is 0 Å². The molecule has 1 aliphatic heterocycles. The topological polar surface area (TPSA) is 70.1 Å². The van der Waals surface area contributed by atoms with Gasteiger partial charge in [0, 0.05) is 26.2 Å². The Bertz CT molecular complexity index is 262. The van der Waals surface area contributed by atoms with Crippen LogP contribution < -0.4 is 0 Å². The van der Waals surface area contributed by atoms with Gasteiger partial charge in [0.25, 0.3) is 0 Å². The van der Waals surface area contributed by atoms with E-state index in [1.54, 1.807) is 18.7 Å². The van der Waals surface area contributed by atoms with Crippen LogP contribution in [0.2, 0.25) is 0 Å². The van der Waals surface area contributed by atoms with Gasteiger partial charge in [-0.15, -0.1) is 0 Å². The molecule has 1 saturated heterocycles. The molecule has 0 aromatic carbocycles. The second kappa shape index (κ2) is 5.69. The van der Waals surface area contributed by atoms with Gasteiger partial charge < -0.3 is 14.7 Å². The van der Waals surface area contributed by atoms with Crippen LogP contribution >= 0.6 is 0 Å². The number of aliphatic carboxylic acids is 1. The molecule has 0 aliphatic carbocycles. The number of carboxylic acids is 1. The molecular formula is C10H18N2O4. The highest BCUT2D eigenvalue weighted by molar-refractivity contribution is 5.73. The van der Waals surface area contributed by atoms with Crippen molar-refractivity contribution in [2.75, 3.05) is 32.8 Å². The van der Waals surface area contributed by atoms with E-state index in [1.807, 2.05) is 4.90 Å². The number of rotatable bonds is 3. The molecule has 1 fully saturated rings. The second-order valence-electron chi connectivity index (χ2n) is 3.74. The standard InChI is InChI=1S/C10H18N2O4/c1-3-16-10(15)12-6-4-11(5-7-12)8(2)9(13)14/h8H,3-7H2,1-2H3,(H,13,14). The lowest BCUT2D eigenvalue weighted by molar-refractivity contribution is -0.143. The number of hydrogen-bond acceptors (Lipinski definition) is 4. The maximum atomic E-state index is 11.4. The van der Waals surface area contributed by atoms with Crippen molar-refractivity contribution in [3.05, 3.63) is 0 Å². The highest BCUT2D eigenvalue weighted by Crippen LogP contribution is 2.07. The third-order valence-electron chi connectivity index (χ3n) is 2.75. The van der Waals surface area contributed by atoms with Crippen LogP contribution in [0.4, 0.5) is 4.79 Å². The Labute approximate surface area is 94.8 Å². The number of nitrogens with zero attached hydrogens (tertiary/aromatic N) is 2. The zero-order chi connectivity index (χ0) is 12.1. The first kappa shape index (κ1) is 12.8. The van der Waals surface area contributed by atoms with Gasteiger partial charge in [0.15, 0.2) is 0 Å². The van der Waals surface area contributed by atoms with Gasteiger partial charge in [-0.2, -0.15) is 0 Å². The number of carbonyl (C=O) groups excluding carboxylic acids is 1. The lowest BCUT2D eigenvalue weighted by Crippen LogP contribution is -2.53. The van der Waals surface area contributed by atoms with Crippen LogP contribution in [-0.4, -0.2) is 65.8 Å². The highest BCUT2D eigenvalue weighted by atomic mass is 16.6. The maximum Gasteiger partial charge on any atom is 0.409 e. The SMILES string of the molecule is CCOC(=O)N1CCN(C(C)C(=O)O)CC1. The monoisotopic (exact) mass is 230 g/mol. The summed E-state index contributed by atoms with van der Waals surface area (Å²) in [5.74, 6) is -0.829. The first-order valence-electron chi connectivity index (χ1n) is 5.44. The summed E-state index contributed by atoms with van der Waals surface area (Å²) >= 11 is 0. The summed E-state index contributed by atoms with van der Waals surface area (Å²) < 4.78 is 4.88. The van der Waals surface area contributed by atoms with Gasteiger partial charge >= 0.3 is 12.1 Å². The van der Waals surface area contributed by atoms with Gasteiger partial charge in [0.2, 0.25) is 0 Å². The molecule has 0 saturated carbocycles. The normalized spacial score (nSPS) is 19.2. The third-order valence-corrected chi connectivity index (χ3v) is 2.75. The molecule has 1 atom stereocenters. The first-order chi connectivity index (χ1) is 7.56. The van der Waals surface area contributed by atoms with E-state index in [1.165, 1.54) is 0 Å². The molecule has 92 valence electrons. The van der Waals surface area contributed by atoms with Gasteiger partial charge in [0.05, 0.1) is 6.61 Å². The zero-order valence-corrected chi connectivity index (χ0v) is 9.68. The molecule has 6 nitrogen and oxygen atoms in total. The number of ether oxygens (including phenoxy) is 1. The summed E-state index contributed by atoms with van der Waals surface area (Å²) in [4.78, 5) is 25.6. The summed E-state index contributed by atoms with van der Waals surface area (Å²) in [6, 6.07) is -0.496. The van der Waals surface area contributed by atoms with Crippen LogP contribution in [0, 0.1) is 0 Å². The molecule has 16 heavy (non-hydrogen) atoms. The molecule has 1 aliphatic rings. The molecule has 1 N–H and O–H groups in total. The molecule has 0 spiro atoms. The van der Waals surface area contributed by atoms with Crippen LogP contribution in [0.15, 0.2) is 0 Å². The smallest absolute Gasteiger partial charge is 0.409 e. The van der Waals surface area contributed by atoms with E-state index in [0.717, 1.165) is 0 Å². The van der Waals surface area contributed by atoms with Crippen molar-refractivity contribution in [1.29, 1.82) is 0 Å². The minimum atomic E-state index is -0.829. The Hall–Kier alpha value is -1.30. The summed E-state index contributed by atoms with van der Waals surface area (Å²) in [5, 5.41) is 8.85. The number of carbonyl (C=O) groups is 2. The number of hydrogen-bond donors (Lipinski definition) is 1. The molecule has 0 aromatic rings. The van der Waals surface area contributed by atoms with Crippen LogP contribution in [0.1, 0.15) is 13.8 Å². The molecule has 1 unspecified atom stereocenters. The Morgan fingerprint density at radius 1 is 1.31 bits per heavy atom. The average molecular weight is 230 g/mol. The molecule has 0 bridgehead atoms. The summed E-state index contributed by atoms with van der Waals surface area (Å²) in [6.45, 7) is 5.99. The lowest BCUT2D eigenvalue weighted by Gasteiger charge is -2.35. The Morgan fingerprint density at radius 3 is 2.31 bits per heavy atom. The predicted octanol–water partition coefficient (Wildman–Crippen LogP) is 0.234. The van der Waals surface area contributed by atoms with E-state index in [9.17, 15) is 9.59 Å². The molecule has 6 heteroatoms. The fourth-order valence-electron chi connectivity index (χ4n) is 1.66. The Morgan fingerprint density at radius 2 is 1.88 bits per heavy atom. The molecule has 1 rings (SSSR count). The van der Waals surface area contributed by atoms with Crippen molar-refractivity contribution >= 4 is 12.1 Å². The van der Waals surface area contributed by atoms with Crippen LogP contribution in [0.5, 0.6) is 0 Å². The summed E-state index contributed by atoms with van der Waals surface area (Å²) in [6.07, 6.45) is -0.315. The molecule has 0 radical (unpaired) electrons. The fourth-order valence-corrected chi connectivity index (χ4v) is 1.66. The lowest BCUT2D eigenvalue weighted by atomic mass is 10.2. The molecule has 1 amide bonds. The Balaban J connectivity index is 2.39. The fraction of sp³-hybridized carbons (Fsp3) is 0.800. The van der Waals surface area contributed by atoms with Crippen LogP contribution in [0.3, 0.4) is 0 Å². The minimum absolute atomic E-state index is 0.315. The summed E-state index contributed by atoms with van der Waals surface area (Å²) in [5.41, 5.74) is 0.